The second-order valence-electron chi connectivity index (χ2n) is 7.87. The monoisotopic (exact) mass is 417 g/mol. The highest BCUT2D eigenvalue weighted by atomic mass is 16.5. The highest BCUT2D eigenvalue weighted by molar-refractivity contribution is 5.91. The number of rotatable bonds is 8. The topological polar surface area (TPSA) is 69.3 Å². The maximum absolute atomic E-state index is 12.3. The number of carbonyl (C=O) groups is 1. The predicted molar refractivity (Wildman–Crippen MR) is 120 cm³/mol. The molecule has 6 nitrogen and oxygen atoms in total. The molecule has 6 heteroatoms. The molecule has 0 aliphatic carbocycles. The van der Waals surface area contributed by atoms with Crippen molar-refractivity contribution in [3.63, 3.8) is 0 Å². The van der Waals surface area contributed by atoms with Gasteiger partial charge in [-0.2, -0.15) is 0 Å². The Morgan fingerprint density at radius 1 is 1.16 bits per heavy atom. The van der Waals surface area contributed by atoms with E-state index in [0.29, 0.717) is 25.6 Å². The molecule has 1 N–H and O–H groups in total. The molecule has 0 bridgehead atoms. The summed E-state index contributed by atoms with van der Waals surface area (Å²) in [4.78, 5) is 17.0. The van der Waals surface area contributed by atoms with Crippen LogP contribution in [0, 0.1) is 6.92 Å². The number of furan rings is 1. The summed E-state index contributed by atoms with van der Waals surface area (Å²) in [5.41, 5.74) is 4.28. The van der Waals surface area contributed by atoms with Crippen molar-refractivity contribution in [2.24, 2.45) is 0 Å². The normalized spacial score (nSPS) is 11.2. The Kier molecular flexibility index (Phi) is 6.07. The molecule has 2 aromatic carbocycles. The van der Waals surface area contributed by atoms with Gasteiger partial charge in [0.15, 0.2) is 5.76 Å². The lowest BCUT2D eigenvalue weighted by molar-refractivity contribution is 0.0921. The van der Waals surface area contributed by atoms with Gasteiger partial charge in [0.1, 0.15) is 18.2 Å². The van der Waals surface area contributed by atoms with Crippen molar-refractivity contribution >= 4 is 16.9 Å². The number of imidazole rings is 1. The Morgan fingerprint density at radius 3 is 2.77 bits per heavy atom. The predicted octanol–water partition coefficient (Wildman–Crippen LogP) is 5.07. The van der Waals surface area contributed by atoms with Gasteiger partial charge in [-0.05, 0) is 54.3 Å². The molecule has 2 aromatic heterocycles. The number of para-hydroxylation sites is 2. The number of carbonyl (C=O) groups excluding carboxylic acids is 1. The number of nitrogens with one attached hydrogen (secondary N) is 1. The zero-order valence-corrected chi connectivity index (χ0v) is 18.1. The Labute approximate surface area is 181 Å². The molecule has 0 atom stereocenters. The Balaban J connectivity index is 1.51. The molecule has 0 aliphatic heterocycles. The van der Waals surface area contributed by atoms with Crippen LogP contribution in [0.4, 0.5) is 0 Å². The molecule has 4 rings (SSSR count). The van der Waals surface area contributed by atoms with E-state index in [1.54, 1.807) is 12.1 Å². The molecule has 0 fully saturated rings. The van der Waals surface area contributed by atoms with Crippen LogP contribution in [0.15, 0.2) is 65.3 Å². The molecule has 160 valence electrons. The van der Waals surface area contributed by atoms with E-state index in [1.165, 1.54) is 17.4 Å². The molecule has 0 saturated carbocycles. The minimum absolute atomic E-state index is 0.263. The minimum atomic E-state index is -0.263. The van der Waals surface area contributed by atoms with Crippen molar-refractivity contribution in [1.29, 1.82) is 0 Å². The fraction of sp³-hybridized carbons (Fsp3) is 0.280. The molecule has 0 aliphatic rings. The lowest BCUT2D eigenvalue weighted by atomic mass is 10.0. The fourth-order valence-corrected chi connectivity index (χ4v) is 3.65. The smallest absolute Gasteiger partial charge is 0.287 e. The van der Waals surface area contributed by atoms with Gasteiger partial charge in [-0.15, -0.1) is 0 Å². The third kappa shape index (κ3) is 4.63. The minimum Gasteiger partial charge on any atom is -0.491 e. The lowest BCUT2D eigenvalue weighted by Gasteiger charge is -2.16. The van der Waals surface area contributed by atoms with E-state index in [4.69, 9.17) is 14.1 Å². The lowest BCUT2D eigenvalue weighted by Crippen LogP contribution is -2.25. The van der Waals surface area contributed by atoms with Crippen LogP contribution in [-0.4, -0.2) is 22.1 Å². The average molecular weight is 418 g/mol. The van der Waals surface area contributed by atoms with Crippen LogP contribution >= 0.6 is 0 Å². The first-order valence-electron chi connectivity index (χ1n) is 10.5. The third-order valence-corrected chi connectivity index (χ3v) is 5.25. The number of aromatic nitrogens is 2. The summed E-state index contributed by atoms with van der Waals surface area (Å²) in [5.74, 6) is 2.11. The average Bonchev–Trinajstić information content (AvgIpc) is 3.40. The van der Waals surface area contributed by atoms with Crippen LogP contribution in [-0.2, 0) is 13.1 Å². The van der Waals surface area contributed by atoms with Crippen molar-refractivity contribution in [3.8, 4) is 5.75 Å². The molecule has 0 radical (unpaired) electrons. The maximum Gasteiger partial charge on any atom is 0.287 e. The summed E-state index contributed by atoms with van der Waals surface area (Å²) in [6, 6.07) is 17.6. The Hall–Kier alpha value is -3.54. The SMILES string of the molecule is Cc1ccc(C(C)C)c(OCCn2c(CNC(=O)c3ccco3)nc3ccccc32)c1. The summed E-state index contributed by atoms with van der Waals surface area (Å²) in [6.45, 7) is 7.83. The van der Waals surface area contributed by atoms with Crippen molar-refractivity contribution < 1.29 is 13.9 Å². The number of amides is 1. The largest absolute Gasteiger partial charge is 0.491 e. The van der Waals surface area contributed by atoms with Gasteiger partial charge in [0.2, 0.25) is 0 Å². The molecule has 0 spiro atoms. The molecular weight excluding hydrogens is 390 g/mol. The second kappa shape index (κ2) is 9.08. The summed E-state index contributed by atoms with van der Waals surface area (Å²) >= 11 is 0. The van der Waals surface area contributed by atoms with Gasteiger partial charge in [-0.25, -0.2) is 4.98 Å². The first-order chi connectivity index (χ1) is 15.0. The van der Waals surface area contributed by atoms with E-state index in [0.717, 1.165) is 22.6 Å². The fourth-order valence-electron chi connectivity index (χ4n) is 3.65. The van der Waals surface area contributed by atoms with Crippen molar-refractivity contribution in [3.05, 3.63) is 83.6 Å². The number of hydrogen-bond donors (Lipinski definition) is 1. The second-order valence-corrected chi connectivity index (χ2v) is 7.87. The molecule has 2 heterocycles. The molecular formula is C25H27N3O3. The number of fused-ring (bicyclic) bond motifs is 1. The van der Waals surface area contributed by atoms with Crippen molar-refractivity contribution in [1.82, 2.24) is 14.9 Å². The van der Waals surface area contributed by atoms with E-state index in [-0.39, 0.29) is 11.7 Å². The number of ether oxygens (including phenoxy) is 1. The molecule has 0 unspecified atom stereocenters. The third-order valence-electron chi connectivity index (χ3n) is 5.25. The van der Waals surface area contributed by atoms with Crippen LogP contribution in [0.3, 0.4) is 0 Å². The van der Waals surface area contributed by atoms with Crippen molar-refractivity contribution in [2.45, 2.75) is 39.8 Å². The first kappa shape index (κ1) is 20.7. The standard InChI is InChI=1S/C25H27N3O3/c1-17(2)19-11-10-18(3)15-23(19)31-14-12-28-21-8-5-4-7-20(21)27-24(28)16-26-25(29)22-9-6-13-30-22/h4-11,13,15,17H,12,14,16H2,1-3H3,(H,26,29). The summed E-state index contributed by atoms with van der Waals surface area (Å²) in [5, 5.41) is 2.89. The number of benzene rings is 2. The van der Waals surface area contributed by atoms with Crippen LogP contribution in [0.1, 0.15) is 47.3 Å². The zero-order valence-electron chi connectivity index (χ0n) is 18.1. The first-order valence-corrected chi connectivity index (χ1v) is 10.5. The summed E-state index contributed by atoms with van der Waals surface area (Å²) < 4.78 is 13.5. The van der Waals surface area contributed by atoms with E-state index in [9.17, 15) is 4.79 Å². The summed E-state index contributed by atoms with van der Waals surface area (Å²) in [7, 11) is 0. The van der Waals surface area contributed by atoms with Gasteiger partial charge in [0.25, 0.3) is 5.91 Å². The van der Waals surface area contributed by atoms with Gasteiger partial charge < -0.3 is 19.0 Å². The summed E-state index contributed by atoms with van der Waals surface area (Å²) in [6.07, 6.45) is 1.48. The van der Waals surface area contributed by atoms with Gasteiger partial charge in [-0.3, -0.25) is 4.79 Å². The van der Waals surface area contributed by atoms with Crippen LogP contribution in [0.25, 0.3) is 11.0 Å². The van der Waals surface area contributed by atoms with Gasteiger partial charge in [0, 0.05) is 0 Å². The van der Waals surface area contributed by atoms with Gasteiger partial charge in [-0.1, -0.05) is 38.1 Å². The Bertz CT molecular complexity index is 1180. The van der Waals surface area contributed by atoms with Crippen LogP contribution in [0.2, 0.25) is 0 Å². The van der Waals surface area contributed by atoms with Crippen molar-refractivity contribution in [2.75, 3.05) is 6.61 Å². The van der Waals surface area contributed by atoms with Gasteiger partial charge in [0.05, 0.1) is 30.4 Å². The van der Waals surface area contributed by atoms with E-state index in [2.05, 4.69) is 48.9 Å². The zero-order chi connectivity index (χ0) is 21.8. The quantitative estimate of drug-likeness (QED) is 0.435. The molecule has 0 saturated heterocycles. The van der Waals surface area contributed by atoms with E-state index < -0.39 is 0 Å². The maximum atomic E-state index is 12.3. The molecule has 1 amide bonds. The Morgan fingerprint density at radius 2 is 2.00 bits per heavy atom. The van der Waals surface area contributed by atoms with E-state index in [1.807, 2.05) is 24.3 Å². The number of hydrogen-bond acceptors (Lipinski definition) is 4. The number of aryl methyl sites for hydroxylation is 1. The number of nitrogens with zero attached hydrogens (tertiary/aromatic N) is 2. The van der Waals surface area contributed by atoms with E-state index >= 15 is 0 Å². The molecule has 31 heavy (non-hydrogen) atoms. The van der Waals surface area contributed by atoms with Crippen LogP contribution < -0.4 is 10.1 Å². The molecule has 4 aromatic rings. The highest BCUT2D eigenvalue weighted by Gasteiger charge is 2.14. The van der Waals surface area contributed by atoms with Crippen LogP contribution in [0.5, 0.6) is 5.75 Å². The van der Waals surface area contributed by atoms with Gasteiger partial charge >= 0.3 is 0 Å². The highest BCUT2D eigenvalue weighted by Crippen LogP contribution is 2.27.